The van der Waals surface area contributed by atoms with Crippen molar-refractivity contribution in [3.05, 3.63) is 51.7 Å². The molecule has 0 bridgehead atoms. The lowest BCUT2D eigenvalue weighted by Gasteiger charge is -2.10. The van der Waals surface area contributed by atoms with Gasteiger partial charge in [-0.05, 0) is 30.7 Å². The molecule has 2 aromatic heterocycles. The first kappa shape index (κ1) is 19.5. The number of pyridine rings is 1. The van der Waals surface area contributed by atoms with Crippen molar-refractivity contribution >= 4 is 40.0 Å². The molecule has 3 aromatic rings. The molecule has 2 heterocycles. The highest BCUT2D eigenvalue weighted by Gasteiger charge is 2.16. The Kier molecular flexibility index (Phi) is 5.38. The smallest absolute Gasteiger partial charge is 0.328 e. The predicted molar refractivity (Wildman–Crippen MR) is 106 cm³/mol. The summed E-state index contributed by atoms with van der Waals surface area (Å²) in [6.45, 7) is 1.90. The maximum atomic E-state index is 12.6. The second-order valence-corrected chi connectivity index (χ2v) is 6.84. The number of halogens is 1. The molecule has 3 rings (SSSR count). The highest BCUT2D eigenvalue weighted by molar-refractivity contribution is 6.31. The normalized spacial score (nSPS) is 11.9. The van der Waals surface area contributed by atoms with Crippen molar-refractivity contribution in [2.45, 2.75) is 19.9 Å². The molecule has 1 atom stereocenters. The number of fused-ring (bicyclic) bond motifs is 1. The molecule has 0 aliphatic rings. The monoisotopic (exact) mass is 399 g/mol. The highest BCUT2D eigenvalue weighted by Crippen LogP contribution is 2.26. The van der Waals surface area contributed by atoms with Gasteiger partial charge in [0.25, 0.3) is 0 Å². The molecule has 0 aliphatic carbocycles. The van der Waals surface area contributed by atoms with Crippen molar-refractivity contribution in [2.24, 2.45) is 13.0 Å². The fourth-order valence-corrected chi connectivity index (χ4v) is 3.15. The number of aliphatic carboxylic acids is 1. The first-order valence-electron chi connectivity index (χ1n) is 8.57. The molecule has 0 fully saturated rings. The van der Waals surface area contributed by atoms with E-state index >= 15 is 0 Å². The summed E-state index contributed by atoms with van der Waals surface area (Å²) in [5, 5.41) is 21.6. The largest absolute Gasteiger partial charge is 0.481 e. The van der Waals surface area contributed by atoms with Crippen LogP contribution in [0.1, 0.15) is 18.9 Å². The van der Waals surface area contributed by atoms with Crippen molar-refractivity contribution in [2.75, 3.05) is 5.32 Å². The van der Waals surface area contributed by atoms with E-state index in [1.807, 2.05) is 6.07 Å². The van der Waals surface area contributed by atoms with Crippen LogP contribution in [0.15, 0.2) is 35.3 Å². The third kappa shape index (κ3) is 3.57. The van der Waals surface area contributed by atoms with Gasteiger partial charge >= 0.3 is 11.7 Å². The zero-order valence-electron chi connectivity index (χ0n) is 15.3. The molecule has 8 nitrogen and oxygen atoms in total. The van der Waals surface area contributed by atoms with E-state index in [1.165, 1.54) is 10.8 Å². The number of hydrogen-bond donors (Lipinski definition) is 2. The topological polar surface area (TPSA) is 113 Å². The number of anilines is 2. The van der Waals surface area contributed by atoms with Crippen LogP contribution < -0.4 is 11.0 Å². The van der Waals surface area contributed by atoms with E-state index < -0.39 is 11.9 Å². The lowest BCUT2D eigenvalue weighted by Crippen LogP contribution is -2.24. The van der Waals surface area contributed by atoms with Crippen LogP contribution in [0.2, 0.25) is 5.15 Å². The van der Waals surface area contributed by atoms with Crippen molar-refractivity contribution < 1.29 is 9.90 Å². The number of nitrogens with one attached hydrogen (secondary N) is 1. The molecule has 0 aliphatic heterocycles. The zero-order chi connectivity index (χ0) is 20.4. The Labute approximate surface area is 165 Å². The summed E-state index contributed by atoms with van der Waals surface area (Å²) in [7, 11) is 1.67. The number of aromatic nitrogens is 3. The van der Waals surface area contributed by atoms with Gasteiger partial charge in [-0.2, -0.15) is 5.26 Å². The van der Waals surface area contributed by atoms with Crippen molar-refractivity contribution in [1.29, 1.82) is 5.26 Å². The molecule has 0 amide bonds. The van der Waals surface area contributed by atoms with Crippen molar-refractivity contribution in [3.8, 4) is 6.07 Å². The second kappa shape index (κ2) is 7.74. The number of aryl methyl sites for hydroxylation is 2. The van der Waals surface area contributed by atoms with Gasteiger partial charge in [-0.25, -0.2) is 9.78 Å². The van der Waals surface area contributed by atoms with Gasteiger partial charge in [0.05, 0.1) is 22.6 Å². The number of carboxylic acid groups (broad SMARTS) is 1. The third-order valence-electron chi connectivity index (χ3n) is 4.65. The van der Waals surface area contributed by atoms with E-state index in [9.17, 15) is 14.9 Å². The van der Waals surface area contributed by atoms with Crippen LogP contribution in [0.4, 0.5) is 11.4 Å². The van der Waals surface area contributed by atoms with E-state index in [2.05, 4.69) is 10.3 Å². The Hall–Kier alpha value is -3.31. The number of rotatable bonds is 6. The maximum absolute atomic E-state index is 12.6. The van der Waals surface area contributed by atoms with Crippen molar-refractivity contribution in [3.63, 3.8) is 0 Å². The molecule has 28 heavy (non-hydrogen) atoms. The fraction of sp³-hybridized carbons (Fsp3) is 0.263. The summed E-state index contributed by atoms with van der Waals surface area (Å²) < 4.78 is 3.08. The van der Waals surface area contributed by atoms with E-state index in [4.69, 9.17) is 16.7 Å². The predicted octanol–water partition coefficient (Wildman–Crippen LogP) is 3.11. The third-order valence-corrected chi connectivity index (χ3v) is 4.93. The fourth-order valence-electron chi connectivity index (χ4n) is 2.95. The Balaban J connectivity index is 2.00. The van der Waals surface area contributed by atoms with Gasteiger partial charge in [0.2, 0.25) is 0 Å². The quantitative estimate of drug-likeness (QED) is 0.616. The van der Waals surface area contributed by atoms with Crippen molar-refractivity contribution in [1.82, 2.24) is 14.1 Å². The van der Waals surface area contributed by atoms with Crippen LogP contribution in [-0.2, 0) is 18.4 Å². The van der Waals surface area contributed by atoms with Gasteiger partial charge in [-0.1, -0.05) is 18.5 Å². The Morgan fingerprint density at radius 1 is 1.39 bits per heavy atom. The number of carboxylic acids is 1. The minimum absolute atomic E-state index is 0.104. The number of nitriles is 1. The Morgan fingerprint density at radius 3 is 2.82 bits per heavy atom. The lowest BCUT2D eigenvalue weighted by atomic mass is 10.1. The van der Waals surface area contributed by atoms with E-state index in [0.29, 0.717) is 23.3 Å². The summed E-state index contributed by atoms with van der Waals surface area (Å²) in [5.41, 5.74) is 2.59. The van der Waals surface area contributed by atoms with Gasteiger partial charge in [0.15, 0.2) is 0 Å². The SMILES string of the molecule is CC(CCn1c(=O)n(C)c2ccc(Nc3ccnc(Cl)c3C#N)cc21)C(=O)O. The van der Waals surface area contributed by atoms with Crippen LogP contribution in [0.25, 0.3) is 11.0 Å². The first-order valence-corrected chi connectivity index (χ1v) is 8.95. The molecule has 0 saturated heterocycles. The number of carbonyl (C=O) groups is 1. The first-order chi connectivity index (χ1) is 13.3. The molecule has 144 valence electrons. The number of benzene rings is 1. The standard InChI is InChI=1S/C19H18ClN5O3/c1-11(18(26)27)6-8-25-16-9-12(3-4-15(16)24(2)19(25)28)23-14-5-7-22-17(20)13(14)10-21/h3-5,7,9,11H,6,8H2,1-2H3,(H,22,23)(H,26,27). The molecule has 0 radical (unpaired) electrons. The molecule has 9 heteroatoms. The van der Waals surface area contributed by atoms with Gasteiger partial charge in [0, 0.05) is 25.5 Å². The van der Waals surface area contributed by atoms with Crippen LogP contribution in [0.3, 0.4) is 0 Å². The van der Waals surface area contributed by atoms with E-state index in [-0.39, 0.29) is 23.0 Å². The molecule has 1 aromatic carbocycles. The van der Waals surface area contributed by atoms with Gasteiger partial charge < -0.3 is 10.4 Å². The van der Waals surface area contributed by atoms with Crippen LogP contribution in [-0.4, -0.2) is 25.2 Å². The van der Waals surface area contributed by atoms with Crippen LogP contribution >= 0.6 is 11.6 Å². The highest BCUT2D eigenvalue weighted by atomic mass is 35.5. The summed E-state index contributed by atoms with van der Waals surface area (Å²) in [6.07, 6.45) is 1.83. The van der Waals surface area contributed by atoms with E-state index in [0.717, 1.165) is 5.52 Å². The Bertz CT molecular complexity index is 1160. The second-order valence-electron chi connectivity index (χ2n) is 6.49. The zero-order valence-corrected chi connectivity index (χ0v) is 16.1. The summed E-state index contributed by atoms with van der Waals surface area (Å²) in [4.78, 5) is 27.5. The number of imidazole rings is 1. The molecule has 0 saturated carbocycles. The van der Waals surface area contributed by atoms with E-state index in [1.54, 1.807) is 42.8 Å². The minimum atomic E-state index is -0.894. The molecule has 1 unspecified atom stereocenters. The Morgan fingerprint density at radius 2 is 2.14 bits per heavy atom. The van der Waals surface area contributed by atoms with Crippen LogP contribution in [0.5, 0.6) is 0 Å². The average Bonchev–Trinajstić information content (AvgIpc) is 2.90. The lowest BCUT2D eigenvalue weighted by molar-refractivity contribution is -0.141. The van der Waals surface area contributed by atoms with Crippen LogP contribution in [0, 0.1) is 17.2 Å². The molecule has 2 N–H and O–H groups in total. The summed E-state index contributed by atoms with van der Waals surface area (Å²) in [6, 6.07) is 9.04. The number of nitrogens with zero attached hydrogens (tertiary/aromatic N) is 4. The minimum Gasteiger partial charge on any atom is -0.481 e. The van der Waals surface area contributed by atoms with Gasteiger partial charge in [0.1, 0.15) is 16.8 Å². The van der Waals surface area contributed by atoms with Gasteiger partial charge in [-0.3, -0.25) is 13.9 Å². The molecular formula is C19H18ClN5O3. The average molecular weight is 400 g/mol. The maximum Gasteiger partial charge on any atom is 0.328 e. The number of hydrogen-bond acceptors (Lipinski definition) is 5. The summed E-state index contributed by atoms with van der Waals surface area (Å²) >= 11 is 5.97. The molecular weight excluding hydrogens is 382 g/mol. The summed E-state index contributed by atoms with van der Waals surface area (Å²) in [5.74, 6) is -1.45. The molecule has 0 spiro atoms. The van der Waals surface area contributed by atoms with Gasteiger partial charge in [-0.15, -0.1) is 0 Å².